The Kier molecular flexibility index (Phi) is 5.22. The van der Waals surface area contributed by atoms with Gasteiger partial charge in [0, 0.05) is 37.9 Å². The molecule has 0 atom stereocenters. The van der Waals surface area contributed by atoms with Gasteiger partial charge in [0.15, 0.2) is 0 Å². The van der Waals surface area contributed by atoms with Crippen molar-refractivity contribution >= 4 is 18.3 Å². The van der Waals surface area contributed by atoms with Gasteiger partial charge in [-0.25, -0.2) is 0 Å². The molecule has 1 fully saturated rings. The van der Waals surface area contributed by atoms with Crippen LogP contribution in [0, 0.1) is 5.92 Å². The molecule has 2 heterocycles. The maximum absolute atomic E-state index is 11.4. The highest BCUT2D eigenvalue weighted by atomic mass is 35.5. The molecular formula is C11H16ClN3O. The van der Waals surface area contributed by atoms with E-state index < -0.39 is 0 Å². The third kappa shape index (κ3) is 3.47. The van der Waals surface area contributed by atoms with E-state index in [1.54, 1.807) is 6.20 Å². The summed E-state index contributed by atoms with van der Waals surface area (Å²) in [6, 6.07) is 5.82. The van der Waals surface area contributed by atoms with Gasteiger partial charge in [0.25, 0.3) is 0 Å². The maximum atomic E-state index is 11.4. The summed E-state index contributed by atoms with van der Waals surface area (Å²) >= 11 is 0. The largest absolute Gasteiger partial charge is 0.355 e. The minimum Gasteiger partial charge on any atom is -0.355 e. The first-order chi connectivity index (χ1) is 7.36. The number of hydrogen-bond donors (Lipinski definition) is 2. The van der Waals surface area contributed by atoms with Crippen molar-refractivity contribution in [3.05, 3.63) is 30.1 Å². The van der Waals surface area contributed by atoms with Gasteiger partial charge in [0.1, 0.15) is 0 Å². The third-order valence-electron chi connectivity index (χ3n) is 2.56. The Hall–Kier alpha value is -1.13. The van der Waals surface area contributed by atoms with E-state index in [0.29, 0.717) is 6.54 Å². The third-order valence-corrected chi connectivity index (χ3v) is 2.56. The van der Waals surface area contributed by atoms with E-state index in [1.165, 1.54) is 0 Å². The quantitative estimate of drug-likeness (QED) is 0.802. The van der Waals surface area contributed by atoms with E-state index in [1.807, 2.05) is 18.2 Å². The molecule has 0 saturated carbocycles. The Bertz CT molecular complexity index is 327. The van der Waals surface area contributed by atoms with Crippen molar-refractivity contribution in [3.63, 3.8) is 0 Å². The van der Waals surface area contributed by atoms with E-state index >= 15 is 0 Å². The fourth-order valence-electron chi connectivity index (χ4n) is 1.48. The molecule has 4 nitrogen and oxygen atoms in total. The number of aromatic nitrogens is 1. The highest BCUT2D eigenvalue weighted by Gasteiger charge is 2.23. The summed E-state index contributed by atoms with van der Waals surface area (Å²) in [5.41, 5.74) is 1.02. The van der Waals surface area contributed by atoms with Crippen molar-refractivity contribution < 1.29 is 4.79 Å². The zero-order valence-corrected chi connectivity index (χ0v) is 9.80. The molecule has 0 unspecified atom stereocenters. The summed E-state index contributed by atoms with van der Waals surface area (Å²) in [6.07, 6.45) is 2.57. The van der Waals surface area contributed by atoms with E-state index in [0.717, 1.165) is 25.2 Å². The van der Waals surface area contributed by atoms with Gasteiger partial charge >= 0.3 is 0 Å². The molecule has 1 aliphatic heterocycles. The molecule has 5 heteroatoms. The average Bonchev–Trinajstić information content (AvgIpc) is 2.16. The monoisotopic (exact) mass is 241 g/mol. The van der Waals surface area contributed by atoms with E-state index in [4.69, 9.17) is 0 Å². The first kappa shape index (κ1) is 12.9. The van der Waals surface area contributed by atoms with Gasteiger partial charge in [0.05, 0.1) is 5.92 Å². The molecular weight excluding hydrogens is 226 g/mol. The summed E-state index contributed by atoms with van der Waals surface area (Å²) < 4.78 is 0. The second kappa shape index (κ2) is 6.45. The summed E-state index contributed by atoms with van der Waals surface area (Å²) in [5.74, 6) is 0.332. The molecule has 1 amide bonds. The van der Waals surface area contributed by atoms with Crippen LogP contribution in [0.1, 0.15) is 5.69 Å². The molecule has 0 radical (unpaired) electrons. The molecule has 1 aliphatic rings. The lowest BCUT2D eigenvalue weighted by Gasteiger charge is -2.25. The van der Waals surface area contributed by atoms with Crippen LogP contribution in [0.5, 0.6) is 0 Å². The Morgan fingerprint density at radius 3 is 2.88 bits per heavy atom. The number of carbonyl (C=O) groups excluding carboxylic acids is 1. The van der Waals surface area contributed by atoms with Crippen molar-refractivity contribution in [2.75, 3.05) is 19.6 Å². The first-order valence-electron chi connectivity index (χ1n) is 5.24. The first-order valence-corrected chi connectivity index (χ1v) is 5.24. The SMILES string of the molecule is Cl.O=C(NCCc1ccccn1)C1CNC1. The van der Waals surface area contributed by atoms with Gasteiger partial charge < -0.3 is 10.6 Å². The minimum atomic E-state index is 0. The van der Waals surface area contributed by atoms with Crippen LogP contribution >= 0.6 is 12.4 Å². The average molecular weight is 242 g/mol. The minimum absolute atomic E-state index is 0. The lowest BCUT2D eigenvalue weighted by Crippen LogP contribution is -2.51. The van der Waals surface area contributed by atoms with Crippen molar-refractivity contribution in [1.82, 2.24) is 15.6 Å². The number of halogens is 1. The van der Waals surface area contributed by atoms with E-state index in [2.05, 4.69) is 15.6 Å². The molecule has 0 spiro atoms. The van der Waals surface area contributed by atoms with Crippen LogP contribution in [-0.2, 0) is 11.2 Å². The van der Waals surface area contributed by atoms with Crippen LogP contribution in [0.3, 0.4) is 0 Å². The highest BCUT2D eigenvalue weighted by Crippen LogP contribution is 2.02. The molecule has 2 rings (SSSR count). The van der Waals surface area contributed by atoms with Crippen molar-refractivity contribution in [1.29, 1.82) is 0 Å². The number of carbonyl (C=O) groups is 1. The Morgan fingerprint density at radius 2 is 2.31 bits per heavy atom. The fourth-order valence-corrected chi connectivity index (χ4v) is 1.48. The van der Waals surface area contributed by atoms with Gasteiger partial charge in [-0.15, -0.1) is 12.4 Å². The normalized spacial score (nSPS) is 14.8. The Labute approximate surface area is 101 Å². The van der Waals surface area contributed by atoms with Crippen LogP contribution in [-0.4, -0.2) is 30.5 Å². The van der Waals surface area contributed by atoms with Gasteiger partial charge in [-0.05, 0) is 12.1 Å². The number of rotatable bonds is 4. The molecule has 1 aromatic heterocycles. The van der Waals surface area contributed by atoms with Crippen molar-refractivity contribution in [2.24, 2.45) is 5.92 Å². The lowest BCUT2D eigenvalue weighted by molar-refractivity contribution is -0.126. The van der Waals surface area contributed by atoms with Gasteiger partial charge in [0.2, 0.25) is 5.91 Å². The van der Waals surface area contributed by atoms with Gasteiger partial charge in [-0.3, -0.25) is 9.78 Å². The maximum Gasteiger partial charge on any atom is 0.225 e. The number of pyridine rings is 1. The van der Waals surface area contributed by atoms with Crippen molar-refractivity contribution in [2.45, 2.75) is 6.42 Å². The smallest absolute Gasteiger partial charge is 0.225 e. The van der Waals surface area contributed by atoms with Gasteiger partial charge in [-0.1, -0.05) is 6.07 Å². The van der Waals surface area contributed by atoms with E-state index in [-0.39, 0.29) is 24.2 Å². The molecule has 1 aromatic rings. The topological polar surface area (TPSA) is 54.0 Å². The highest BCUT2D eigenvalue weighted by molar-refractivity contribution is 5.85. The standard InChI is InChI=1S/C11H15N3O.ClH/c15-11(9-7-12-8-9)14-6-4-10-3-1-2-5-13-10;/h1-3,5,9,12H,4,6-8H2,(H,14,15);1H. The molecule has 0 bridgehead atoms. The zero-order chi connectivity index (χ0) is 10.5. The summed E-state index contributed by atoms with van der Waals surface area (Å²) in [5, 5.41) is 5.99. The molecule has 0 aliphatic carbocycles. The predicted octanol–water partition coefficient (Wildman–Crippen LogP) is 0.381. The molecule has 0 aromatic carbocycles. The number of nitrogens with zero attached hydrogens (tertiary/aromatic N) is 1. The fraction of sp³-hybridized carbons (Fsp3) is 0.455. The summed E-state index contributed by atoms with van der Waals surface area (Å²) in [4.78, 5) is 15.6. The predicted molar refractivity (Wildman–Crippen MR) is 64.6 cm³/mol. The number of amides is 1. The van der Waals surface area contributed by atoms with Crippen LogP contribution in [0.25, 0.3) is 0 Å². The van der Waals surface area contributed by atoms with Crippen LogP contribution < -0.4 is 10.6 Å². The Balaban J connectivity index is 0.00000128. The lowest BCUT2D eigenvalue weighted by atomic mass is 10.0. The summed E-state index contributed by atoms with van der Waals surface area (Å²) in [7, 11) is 0. The van der Waals surface area contributed by atoms with Crippen LogP contribution in [0.4, 0.5) is 0 Å². The van der Waals surface area contributed by atoms with Crippen LogP contribution in [0.15, 0.2) is 24.4 Å². The zero-order valence-electron chi connectivity index (χ0n) is 8.98. The second-order valence-electron chi connectivity index (χ2n) is 3.72. The van der Waals surface area contributed by atoms with Crippen molar-refractivity contribution in [3.8, 4) is 0 Å². The van der Waals surface area contributed by atoms with Gasteiger partial charge in [-0.2, -0.15) is 0 Å². The Morgan fingerprint density at radius 1 is 1.50 bits per heavy atom. The van der Waals surface area contributed by atoms with E-state index in [9.17, 15) is 4.79 Å². The second-order valence-corrected chi connectivity index (χ2v) is 3.72. The number of nitrogens with one attached hydrogen (secondary N) is 2. The molecule has 1 saturated heterocycles. The molecule has 16 heavy (non-hydrogen) atoms. The summed E-state index contributed by atoms with van der Waals surface area (Å²) in [6.45, 7) is 2.30. The molecule has 88 valence electrons. The number of hydrogen-bond acceptors (Lipinski definition) is 3. The van der Waals surface area contributed by atoms with Crippen LogP contribution in [0.2, 0.25) is 0 Å². The molecule has 2 N–H and O–H groups in total.